The van der Waals surface area contributed by atoms with Gasteiger partial charge in [-0.05, 0) is 53.7 Å². The molecule has 1 aromatic rings. The lowest BCUT2D eigenvalue weighted by atomic mass is 10.0. The molecule has 0 aromatic carbocycles. The molecule has 0 radical (unpaired) electrons. The second-order valence-electron chi connectivity index (χ2n) is 4.28. The maximum atomic E-state index is 10.1. The van der Waals surface area contributed by atoms with Gasteiger partial charge in [0.25, 0.3) is 0 Å². The van der Waals surface area contributed by atoms with Gasteiger partial charge in [-0.1, -0.05) is 0 Å². The van der Waals surface area contributed by atoms with E-state index in [1.165, 1.54) is 0 Å². The maximum Gasteiger partial charge on any atom is 0.224 e. The summed E-state index contributed by atoms with van der Waals surface area (Å²) < 4.78 is 0.750. The van der Waals surface area contributed by atoms with Crippen LogP contribution in [-0.4, -0.2) is 26.7 Å². The molecule has 16 heavy (non-hydrogen) atoms. The highest BCUT2D eigenvalue weighted by molar-refractivity contribution is 9.10. The Labute approximate surface area is 108 Å². The van der Waals surface area contributed by atoms with Crippen LogP contribution in [0.5, 0.6) is 0 Å². The molecular formula is C10H13BrClN3O. The van der Waals surface area contributed by atoms with Crippen LogP contribution < -0.4 is 5.32 Å². The number of halogens is 2. The number of nitrogens with one attached hydrogen (secondary N) is 1. The van der Waals surface area contributed by atoms with E-state index in [-0.39, 0.29) is 11.3 Å². The Morgan fingerprint density at radius 3 is 3.06 bits per heavy atom. The summed E-state index contributed by atoms with van der Waals surface area (Å²) in [6, 6.07) is 0.00904. The van der Waals surface area contributed by atoms with E-state index in [0.717, 1.165) is 23.7 Å². The zero-order valence-corrected chi connectivity index (χ0v) is 11.2. The van der Waals surface area contributed by atoms with Crippen molar-refractivity contribution < 1.29 is 5.11 Å². The van der Waals surface area contributed by atoms with Gasteiger partial charge >= 0.3 is 0 Å². The molecule has 2 N–H and O–H groups in total. The molecule has 1 heterocycles. The third-order valence-electron chi connectivity index (χ3n) is 2.95. The zero-order valence-electron chi connectivity index (χ0n) is 8.87. The summed E-state index contributed by atoms with van der Waals surface area (Å²) in [6.07, 6.45) is 4.35. The van der Waals surface area contributed by atoms with Gasteiger partial charge in [-0.15, -0.1) is 0 Å². The fourth-order valence-electron chi connectivity index (χ4n) is 1.99. The molecular weight excluding hydrogens is 293 g/mol. The fraction of sp³-hybridized carbons (Fsp3) is 0.600. The molecule has 1 aliphatic carbocycles. The molecule has 2 atom stereocenters. The Hall–Kier alpha value is -0.390. The molecule has 1 aromatic heterocycles. The lowest BCUT2D eigenvalue weighted by molar-refractivity contribution is 0.0577. The summed E-state index contributed by atoms with van der Waals surface area (Å²) in [7, 11) is 0. The monoisotopic (exact) mass is 305 g/mol. The molecule has 0 unspecified atom stereocenters. The number of aliphatic hydroxyl groups is 1. The molecule has 1 saturated carbocycles. The summed E-state index contributed by atoms with van der Waals surface area (Å²) >= 11 is 9.08. The van der Waals surface area contributed by atoms with Crippen LogP contribution in [0.3, 0.4) is 0 Å². The second kappa shape index (κ2) is 4.47. The predicted molar refractivity (Wildman–Crippen MR) is 66.6 cm³/mol. The average molecular weight is 307 g/mol. The standard InChI is InChI=1S/C10H13BrClN3O/c1-10(16)4-2-3-7(10)14-8-6(11)5-13-9(12)15-8/h5,7,16H,2-4H2,1H3,(H,13,14,15)/t7-,10-/m1/s1. The van der Waals surface area contributed by atoms with Crippen LogP contribution in [0.25, 0.3) is 0 Å². The van der Waals surface area contributed by atoms with E-state index in [1.54, 1.807) is 6.20 Å². The number of aromatic nitrogens is 2. The molecule has 1 aliphatic rings. The molecule has 6 heteroatoms. The summed E-state index contributed by atoms with van der Waals surface area (Å²) in [5.41, 5.74) is -0.684. The van der Waals surface area contributed by atoms with Crippen molar-refractivity contribution in [3.63, 3.8) is 0 Å². The summed E-state index contributed by atoms with van der Waals surface area (Å²) in [5.74, 6) is 0.632. The topological polar surface area (TPSA) is 58.0 Å². The second-order valence-corrected chi connectivity index (χ2v) is 5.47. The molecule has 0 aliphatic heterocycles. The van der Waals surface area contributed by atoms with Crippen molar-refractivity contribution in [2.75, 3.05) is 5.32 Å². The summed E-state index contributed by atoms with van der Waals surface area (Å²) in [5, 5.41) is 13.5. The van der Waals surface area contributed by atoms with Crippen molar-refractivity contribution in [3.8, 4) is 0 Å². The molecule has 4 nitrogen and oxygen atoms in total. The van der Waals surface area contributed by atoms with Crippen LogP contribution in [0.4, 0.5) is 5.82 Å². The number of hydrogen-bond donors (Lipinski definition) is 2. The van der Waals surface area contributed by atoms with Crippen LogP contribution in [0.2, 0.25) is 5.28 Å². The number of nitrogens with zero attached hydrogens (tertiary/aromatic N) is 2. The van der Waals surface area contributed by atoms with Gasteiger partial charge in [0.15, 0.2) is 0 Å². The molecule has 0 amide bonds. The molecule has 2 rings (SSSR count). The third kappa shape index (κ3) is 2.47. The molecule has 0 bridgehead atoms. The van der Waals surface area contributed by atoms with Gasteiger partial charge in [0.1, 0.15) is 5.82 Å². The van der Waals surface area contributed by atoms with Crippen LogP contribution in [-0.2, 0) is 0 Å². The van der Waals surface area contributed by atoms with E-state index < -0.39 is 5.60 Å². The largest absolute Gasteiger partial charge is 0.388 e. The first-order chi connectivity index (χ1) is 7.49. The van der Waals surface area contributed by atoms with Crippen LogP contribution in [0, 0.1) is 0 Å². The van der Waals surface area contributed by atoms with E-state index in [4.69, 9.17) is 11.6 Å². The van der Waals surface area contributed by atoms with E-state index in [9.17, 15) is 5.11 Å². The van der Waals surface area contributed by atoms with E-state index in [2.05, 4.69) is 31.2 Å². The quantitative estimate of drug-likeness (QED) is 0.825. The number of rotatable bonds is 2. The lowest BCUT2D eigenvalue weighted by Gasteiger charge is -2.27. The molecule has 1 fully saturated rings. The molecule has 88 valence electrons. The van der Waals surface area contributed by atoms with Crippen LogP contribution >= 0.6 is 27.5 Å². The van der Waals surface area contributed by atoms with Gasteiger partial charge in [-0.25, -0.2) is 4.98 Å². The Morgan fingerprint density at radius 2 is 2.44 bits per heavy atom. The van der Waals surface area contributed by atoms with E-state index >= 15 is 0 Å². The first kappa shape index (κ1) is 12.1. The minimum atomic E-state index is -0.684. The number of anilines is 1. The van der Waals surface area contributed by atoms with E-state index in [0.29, 0.717) is 5.82 Å². The fourth-order valence-corrected chi connectivity index (χ4v) is 2.43. The Morgan fingerprint density at radius 1 is 1.69 bits per heavy atom. The summed E-state index contributed by atoms with van der Waals surface area (Å²) in [6.45, 7) is 1.84. The highest BCUT2D eigenvalue weighted by Gasteiger charge is 2.37. The van der Waals surface area contributed by atoms with E-state index in [1.807, 2.05) is 6.92 Å². The molecule has 0 spiro atoms. The Balaban J connectivity index is 2.17. The van der Waals surface area contributed by atoms with Crippen molar-refractivity contribution in [2.45, 2.75) is 37.8 Å². The highest BCUT2D eigenvalue weighted by atomic mass is 79.9. The smallest absolute Gasteiger partial charge is 0.224 e. The third-order valence-corrected chi connectivity index (χ3v) is 3.71. The van der Waals surface area contributed by atoms with Gasteiger partial charge < -0.3 is 10.4 Å². The van der Waals surface area contributed by atoms with Gasteiger partial charge in [0.05, 0.1) is 16.1 Å². The lowest BCUT2D eigenvalue weighted by Crippen LogP contribution is -2.39. The minimum Gasteiger partial charge on any atom is -0.388 e. The number of hydrogen-bond acceptors (Lipinski definition) is 4. The SMILES string of the molecule is C[C@@]1(O)CCC[C@H]1Nc1nc(Cl)ncc1Br. The van der Waals surface area contributed by atoms with Gasteiger partial charge in [-0.2, -0.15) is 4.98 Å². The van der Waals surface area contributed by atoms with Gasteiger partial charge in [0.2, 0.25) is 5.28 Å². The van der Waals surface area contributed by atoms with Crippen LogP contribution in [0.1, 0.15) is 26.2 Å². The maximum absolute atomic E-state index is 10.1. The summed E-state index contributed by atoms with van der Waals surface area (Å²) in [4.78, 5) is 7.94. The molecule has 0 saturated heterocycles. The normalized spacial score (nSPS) is 29.4. The van der Waals surface area contributed by atoms with Crippen molar-refractivity contribution in [1.82, 2.24) is 9.97 Å². The Kier molecular flexibility index (Phi) is 3.37. The first-order valence-corrected chi connectivity index (χ1v) is 6.33. The minimum absolute atomic E-state index is 0.00904. The van der Waals surface area contributed by atoms with Crippen molar-refractivity contribution in [2.24, 2.45) is 0 Å². The van der Waals surface area contributed by atoms with Gasteiger partial charge in [-0.3, -0.25) is 0 Å². The highest BCUT2D eigenvalue weighted by Crippen LogP contribution is 2.33. The van der Waals surface area contributed by atoms with Crippen molar-refractivity contribution in [3.05, 3.63) is 16.0 Å². The average Bonchev–Trinajstić information content (AvgIpc) is 2.52. The van der Waals surface area contributed by atoms with Crippen molar-refractivity contribution >= 4 is 33.3 Å². The Bertz CT molecular complexity index is 400. The zero-order chi connectivity index (χ0) is 11.8. The first-order valence-electron chi connectivity index (χ1n) is 5.16. The van der Waals surface area contributed by atoms with Gasteiger partial charge in [0, 0.05) is 6.20 Å². The van der Waals surface area contributed by atoms with Crippen LogP contribution in [0.15, 0.2) is 10.7 Å². The predicted octanol–water partition coefficient (Wildman–Crippen LogP) is 2.61. The van der Waals surface area contributed by atoms with Crippen molar-refractivity contribution in [1.29, 1.82) is 0 Å².